The van der Waals surface area contributed by atoms with Crippen LogP contribution < -0.4 is 10.4 Å². The molecule has 0 N–H and O–H groups in total. The molecule has 9 aromatic rings. The molecule has 0 bridgehead atoms. The summed E-state index contributed by atoms with van der Waals surface area (Å²) in [4.78, 5) is 0. The van der Waals surface area contributed by atoms with Crippen LogP contribution in [0.4, 0.5) is 0 Å². The van der Waals surface area contributed by atoms with Gasteiger partial charge in [-0.25, -0.2) is 0 Å². The Hall–Kier alpha value is -6.38. The molecule has 2 nitrogen and oxygen atoms in total. The predicted octanol–water partition coefficient (Wildman–Crippen LogP) is 11.7. The van der Waals surface area contributed by atoms with Crippen molar-refractivity contribution in [1.29, 1.82) is 0 Å². The number of allylic oxidation sites excluding steroid dienone is 1. The van der Waals surface area contributed by atoms with Gasteiger partial charge >= 0.3 is 0 Å². The smallest absolute Gasteiger partial charge is 0.178 e. The van der Waals surface area contributed by atoms with E-state index in [1.807, 2.05) is 19.1 Å². The maximum atomic E-state index is 6.66. The molecule has 2 aromatic heterocycles. The van der Waals surface area contributed by atoms with Gasteiger partial charge in [-0.3, -0.25) is 0 Å². The van der Waals surface area contributed by atoms with E-state index in [9.17, 15) is 0 Å². The maximum Gasteiger partial charge on any atom is 0.178 e. The first kappa shape index (κ1) is 29.7. The van der Waals surface area contributed by atoms with E-state index in [1.165, 1.54) is 26.8 Å². The third kappa shape index (κ3) is 4.80. The van der Waals surface area contributed by atoms with Crippen LogP contribution in [0.2, 0.25) is 0 Å². The highest BCUT2D eigenvalue weighted by Crippen LogP contribution is 2.41. The molecule has 50 heavy (non-hydrogen) atoms. The quantitative estimate of drug-likeness (QED) is 0.187. The average molecular weight is 643 g/mol. The summed E-state index contributed by atoms with van der Waals surface area (Å²) in [5, 5.41) is 11.2. The highest BCUT2D eigenvalue weighted by Gasteiger charge is 2.18. The van der Waals surface area contributed by atoms with E-state index in [2.05, 4.69) is 153 Å². The van der Waals surface area contributed by atoms with Crippen molar-refractivity contribution < 1.29 is 8.83 Å². The summed E-state index contributed by atoms with van der Waals surface area (Å²) in [6.07, 6.45) is 9.25. The highest BCUT2D eigenvalue weighted by molar-refractivity contribution is 6.19. The van der Waals surface area contributed by atoms with Crippen molar-refractivity contribution in [2.24, 2.45) is 0 Å². The summed E-state index contributed by atoms with van der Waals surface area (Å²) < 4.78 is 13.3. The van der Waals surface area contributed by atoms with Crippen molar-refractivity contribution in [2.45, 2.75) is 13.3 Å². The first-order valence-corrected chi connectivity index (χ1v) is 17.1. The lowest BCUT2D eigenvalue weighted by atomic mass is 9.90. The van der Waals surface area contributed by atoms with Gasteiger partial charge in [-0.15, -0.1) is 0 Å². The number of hydrogen-bond acceptors (Lipinski definition) is 2. The molecular weight excluding hydrogens is 609 g/mol. The van der Waals surface area contributed by atoms with E-state index in [-0.39, 0.29) is 0 Å². The minimum absolute atomic E-state index is 0.779. The zero-order valence-electron chi connectivity index (χ0n) is 27.9. The Kier molecular flexibility index (Phi) is 7.10. The summed E-state index contributed by atoms with van der Waals surface area (Å²) in [5.41, 5.74) is 9.01. The molecule has 0 spiro atoms. The van der Waals surface area contributed by atoms with Crippen molar-refractivity contribution in [2.75, 3.05) is 0 Å². The van der Waals surface area contributed by atoms with Crippen LogP contribution in [0.5, 0.6) is 0 Å². The molecule has 2 heteroatoms. The van der Waals surface area contributed by atoms with Gasteiger partial charge in [0.1, 0.15) is 11.2 Å². The second kappa shape index (κ2) is 11.9. The number of furan rings is 2. The van der Waals surface area contributed by atoms with E-state index >= 15 is 0 Å². The summed E-state index contributed by atoms with van der Waals surface area (Å²) in [7, 11) is 0. The van der Waals surface area contributed by atoms with Crippen molar-refractivity contribution in [3.05, 3.63) is 178 Å². The molecule has 0 aliphatic heterocycles. The van der Waals surface area contributed by atoms with Crippen molar-refractivity contribution >= 4 is 79.5 Å². The Balaban J connectivity index is 1.15. The number of rotatable bonds is 5. The molecule has 0 fully saturated rings. The predicted molar refractivity (Wildman–Crippen MR) is 212 cm³/mol. The first-order chi connectivity index (χ1) is 24.6. The molecule has 9 rings (SSSR count). The van der Waals surface area contributed by atoms with Gasteiger partial charge in [0.15, 0.2) is 11.2 Å². The van der Waals surface area contributed by atoms with Gasteiger partial charge in [-0.2, -0.15) is 0 Å². The summed E-state index contributed by atoms with van der Waals surface area (Å²) in [6.45, 7) is 10.4. The molecule has 0 atom stereocenters. The Labute approximate surface area is 289 Å². The number of fused-ring (bicyclic) bond motifs is 8. The Morgan fingerprint density at radius 3 is 1.98 bits per heavy atom. The molecule has 0 aliphatic carbocycles. The zero-order chi connectivity index (χ0) is 33.8. The molecule has 0 saturated heterocycles. The second-order valence-corrected chi connectivity index (χ2v) is 12.9. The lowest BCUT2D eigenvalue weighted by Crippen LogP contribution is -2.08. The monoisotopic (exact) mass is 642 g/mol. The van der Waals surface area contributed by atoms with Crippen LogP contribution in [0.3, 0.4) is 0 Å². The summed E-state index contributed by atoms with van der Waals surface area (Å²) >= 11 is 0. The van der Waals surface area contributed by atoms with Gasteiger partial charge in [-0.1, -0.05) is 128 Å². The van der Waals surface area contributed by atoms with Crippen LogP contribution in [0.1, 0.15) is 23.6 Å². The summed E-state index contributed by atoms with van der Waals surface area (Å²) in [6, 6.07) is 45.0. The van der Waals surface area contributed by atoms with Gasteiger partial charge in [0.2, 0.25) is 0 Å². The van der Waals surface area contributed by atoms with Gasteiger partial charge < -0.3 is 8.83 Å². The molecule has 0 aliphatic rings. The minimum Gasteiger partial charge on any atom is -0.452 e. The van der Waals surface area contributed by atoms with Crippen LogP contribution in [0.25, 0.3) is 90.6 Å². The number of benzene rings is 7. The van der Waals surface area contributed by atoms with E-state index in [1.54, 1.807) is 0 Å². The Morgan fingerprint density at radius 2 is 1.24 bits per heavy atom. The minimum atomic E-state index is 0.779. The van der Waals surface area contributed by atoms with Crippen LogP contribution in [0.15, 0.2) is 149 Å². The molecule has 0 unspecified atom stereocenters. The Morgan fingerprint density at radius 1 is 0.600 bits per heavy atom. The van der Waals surface area contributed by atoms with Gasteiger partial charge in [0.25, 0.3) is 0 Å². The molecular formula is C48H34O2. The van der Waals surface area contributed by atoms with Gasteiger partial charge in [0.05, 0.1) is 0 Å². The topological polar surface area (TPSA) is 26.3 Å². The van der Waals surface area contributed by atoms with E-state index in [0.717, 1.165) is 83.0 Å². The Bertz CT molecular complexity index is 3060. The average Bonchev–Trinajstić information content (AvgIpc) is 3.72. The van der Waals surface area contributed by atoms with Crippen LogP contribution >= 0.6 is 0 Å². The lowest BCUT2D eigenvalue weighted by Gasteiger charge is -2.13. The fraction of sp³-hybridized carbons (Fsp3) is 0.0417. The van der Waals surface area contributed by atoms with Crippen molar-refractivity contribution in [3.63, 3.8) is 0 Å². The maximum absolute atomic E-state index is 6.66. The SMILES string of the molecule is C=Cc1c(/C=C\C)cc(-c2ccc3c(c2)oc2c3ccc3c4ccc(C/C=c5/cccc/c5=c5\ccccc5=C)cc4oc32)c2ccccc12. The van der Waals surface area contributed by atoms with E-state index in [4.69, 9.17) is 8.83 Å². The normalized spacial score (nSPS) is 13.1. The first-order valence-electron chi connectivity index (χ1n) is 17.1. The van der Waals surface area contributed by atoms with Crippen molar-refractivity contribution in [3.8, 4) is 11.1 Å². The third-order valence-electron chi connectivity index (χ3n) is 9.95. The second-order valence-electron chi connectivity index (χ2n) is 12.9. The van der Waals surface area contributed by atoms with E-state index in [0.29, 0.717) is 0 Å². The standard InChI is InChI=1S/C48H34O2/c1-4-12-33-28-44(39-18-11-10-17-38(39)35(33)5-2)34-22-24-41-43-26-25-42-40-23-20-31(27-45(40)49-47(42)48(43)50-46(41)29-34)19-21-32-14-7-9-16-37(32)36-15-8-6-13-30(36)3/h4-18,20-29H,2-3,19H2,1H3/b12-4-,32-21-,37-36-. The lowest BCUT2D eigenvalue weighted by molar-refractivity contribution is 0.633. The fourth-order valence-corrected chi connectivity index (χ4v) is 7.54. The zero-order valence-corrected chi connectivity index (χ0v) is 27.9. The molecule has 0 radical (unpaired) electrons. The van der Waals surface area contributed by atoms with Crippen LogP contribution in [-0.4, -0.2) is 0 Å². The summed E-state index contributed by atoms with van der Waals surface area (Å²) in [5.74, 6) is 0. The van der Waals surface area contributed by atoms with Crippen molar-refractivity contribution in [1.82, 2.24) is 0 Å². The molecule has 238 valence electrons. The third-order valence-corrected chi connectivity index (χ3v) is 9.95. The van der Waals surface area contributed by atoms with Gasteiger partial charge in [0, 0.05) is 21.5 Å². The molecule has 2 heterocycles. The largest absolute Gasteiger partial charge is 0.452 e. The van der Waals surface area contributed by atoms with Gasteiger partial charge in [-0.05, 0) is 109 Å². The number of hydrogen-bond donors (Lipinski definition) is 0. The highest BCUT2D eigenvalue weighted by atomic mass is 16.4. The molecule has 7 aromatic carbocycles. The van der Waals surface area contributed by atoms with E-state index < -0.39 is 0 Å². The molecule has 0 saturated carbocycles. The molecule has 0 amide bonds. The fourth-order valence-electron chi connectivity index (χ4n) is 7.54. The van der Waals surface area contributed by atoms with Crippen LogP contribution in [0, 0.1) is 10.4 Å². The van der Waals surface area contributed by atoms with Crippen LogP contribution in [-0.2, 0) is 6.42 Å².